The first-order valence-electron chi connectivity index (χ1n) is 5.85. The molecule has 0 aliphatic heterocycles. The van der Waals surface area contributed by atoms with Gasteiger partial charge in [0.25, 0.3) is 0 Å². The van der Waals surface area contributed by atoms with E-state index in [1.54, 1.807) is 0 Å². The van der Waals surface area contributed by atoms with Crippen molar-refractivity contribution < 1.29 is 9.90 Å². The summed E-state index contributed by atoms with van der Waals surface area (Å²) in [7, 11) is 3.98. The molecule has 0 aliphatic rings. The van der Waals surface area contributed by atoms with E-state index in [-0.39, 0.29) is 5.69 Å². The quantitative estimate of drug-likeness (QED) is 0.763. The highest BCUT2D eigenvalue weighted by Gasteiger charge is 2.06. The van der Waals surface area contributed by atoms with Crippen LogP contribution in [-0.2, 0) is 6.54 Å². The fourth-order valence-electron chi connectivity index (χ4n) is 1.63. The SMILES string of the molecule is CN(C)c1ccc(CNc2cc(C(=O)O)[nH]n2)cc1. The topological polar surface area (TPSA) is 81.3 Å². The zero-order valence-corrected chi connectivity index (χ0v) is 10.8. The zero-order valence-electron chi connectivity index (χ0n) is 10.8. The number of hydrogen-bond acceptors (Lipinski definition) is 4. The maximum absolute atomic E-state index is 10.7. The molecule has 2 aromatic rings. The van der Waals surface area contributed by atoms with Gasteiger partial charge >= 0.3 is 5.97 Å². The van der Waals surface area contributed by atoms with Crippen LogP contribution in [0.25, 0.3) is 0 Å². The lowest BCUT2D eigenvalue weighted by Crippen LogP contribution is -2.08. The maximum atomic E-state index is 10.7. The number of H-pyrrole nitrogens is 1. The molecule has 1 heterocycles. The maximum Gasteiger partial charge on any atom is 0.353 e. The first kappa shape index (κ1) is 12.9. The van der Waals surface area contributed by atoms with Gasteiger partial charge < -0.3 is 15.3 Å². The largest absolute Gasteiger partial charge is 0.477 e. The third-order valence-electron chi connectivity index (χ3n) is 2.73. The Kier molecular flexibility index (Phi) is 3.70. The second-order valence-electron chi connectivity index (χ2n) is 4.39. The van der Waals surface area contributed by atoms with Crippen LogP contribution in [0, 0.1) is 0 Å². The van der Waals surface area contributed by atoms with E-state index in [0.29, 0.717) is 12.4 Å². The second kappa shape index (κ2) is 5.43. The van der Waals surface area contributed by atoms with Crippen molar-refractivity contribution in [2.24, 2.45) is 0 Å². The van der Waals surface area contributed by atoms with Crippen molar-refractivity contribution in [3.8, 4) is 0 Å². The molecule has 0 aliphatic carbocycles. The molecule has 0 saturated heterocycles. The highest BCUT2D eigenvalue weighted by molar-refractivity contribution is 5.86. The van der Waals surface area contributed by atoms with Gasteiger partial charge in [-0.3, -0.25) is 5.10 Å². The molecule has 0 fully saturated rings. The fraction of sp³-hybridized carbons (Fsp3) is 0.231. The van der Waals surface area contributed by atoms with Crippen LogP contribution in [-0.4, -0.2) is 35.4 Å². The van der Waals surface area contributed by atoms with Gasteiger partial charge in [-0.1, -0.05) is 12.1 Å². The number of nitrogens with one attached hydrogen (secondary N) is 2. The summed E-state index contributed by atoms with van der Waals surface area (Å²) in [6.45, 7) is 0.595. The number of aromatic carboxylic acids is 1. The monoisotopic (exact) mass is 260 g/mol. The standard InChI is InChI=1S/C13H16N4O2/c1-17(2)10-5-3-9(4-6-10)8-14-12-7-11(13(18)19)15-16-12/h3-7H,8H2,1-2H3,(H,18,19)(H2,14,15,16). The van der Waals surface area contributed by atoms with E-state index in [0.717, 1.165) is 11.3 Å². The van der Waals surface area contributed by atoms with Gasteiger partial charge in [-0.15, -0.1) is 0 Å². The minimum atomic E-state index is -1.02. The van der Waals surface area contributed by atoms with Crippen molar-refractivity contribution in [2.75, 3.05) is 24.3 Å². The fourth-order valence-corrected chi connectivity index (χ4v) is 1.63. The molecule has 0 atom stereocenters. The van der Waals surface area contributed by atoms with Crippen molar-refractivity contribution in [3.63, 3.8) is 0 Å². The molecule has 0 amide bonds. The molecular weight excluding hydrogens is 244 g/mol. The van der Waals surface area contributed by atoms with E-state index in [9.17, 15) is 4.79 Å². The third kappa shape index (κ3) is 3.25. The number of aromatic nitrogens is 2. The van der Waals surface area contributed by atoms with E-state index in [1.807, 2.05) is 43.3 Å². The van der Waals surface area contributed by atoms with Crippen LogP contribution in [0.1, 0.15) is 16.1 Å². The first-order chi connectivity index (χ1) is 9.06. The lowest BCUT2D eigenvalue weighted by atomic mass is 10.2. The van der Waals surface area contributed by atoms with Crippen LogP contribution in [0.4, 0.5) is 11.5 Å². The molecular formula is C13H16N4O2. The van der Waals surface area contributed by atoms with E-state index in [2.05, 4.69) is 15.5 Å². The van der Waals surface area contributed by atoms with E-state index >= 15 is 0 Å². The normalized spacial score (nSPS) is 10.2. The highest BCUT2D eigenvalue weighted by Crippen LogP contribution is 2.13. The molecule has 2 rings (SSSR count). The molecule has 1 aromatic carbocycles. The van der Waals surface area contributed by atoms with Gasteiger partial charge in [0, 0.05) is 32.4 Å². The molecule has 0 bridgehead atoms. The highest BCUT2D eigenvalue weighted by atomic mass is 16.4. The van der Waals surface area contributed by atoms with Crippen molar-refractivity contribution in [2.45, 2.75) is 6.54 Å². The Morgan fingerprint density at radius 3 is 2.58 bits per heavy atom. The summed E-state index contributed by atoms with van der Waals surface area (Å²) in [5.41, 5.74) is 2.31. The Bertz CT molecular complexity index is 560. The summed E-state index contributed by atoms with van der Waals surface area (Å²) in [6, 6.07) is 9.57. The Morgan fingerprint density at radius 1 is 1.37 bits per heavy atom. The van der Waals surface area contributed by atoms with Gasteiger partial charge in [-0.05, 0) is 17.7 Å². The minimum absolute atomic E-state index is 0.0745. The Balaban J connectivity index is 1.96. The predicted molar refractivity (Wildman–Crippen MR) is 73.6 cm³/mol. The molecule has 100 valence electrons. The number of benzene rings is 1. The number of hydrogen-bond donors (Lipinski definition) is 3. The Hall–Kier alpha value is -2.50. The summed E-state index contributed by atoms with van der Waals surface area (Å²) >= 11 is 0. The van der Waals surface area contributed by atoms with Gasteiger partial charge in [0.15, 0.2) is 0 Å². The van der Waals surface area contributed by atoms with E-state index in [1.165, 1.54) is 6.07 Å². The van der Waals surface area contributed by atoms with E-state index < -0.39 is 5.97 Å². The molecule has 0 spiro atoms. The summed E-state index contributed by atoms with van der Waals surface area (Å²) in [6.07, 6.45) is 0. The number of carboxylic acid groups (broad SMARTS) is 1. The molecule has 0 saturated carbocycles. The Morgan fingerprint density at radius 2 is 2.05 bits per heavy atom. The second-order valence-corrected chi connectivity index (χ2v) is 4.39. The number of rotatable bonds is 5. The molecule has 3 N–H and O–H groups in total. The summed E-state index contributed by atoms with van der Waals surface area (Å²) in [4.78, 5) is 12.7. The van der Waals surface area contributed by atoms with Crippen LogP contribution in [0.3, 0.4) is 0 Å². The number of anilines is 2. The molecule has 6 nitrogen and oxygen atoms in total. The summed E-state index contributed by atoms with van der Waals surface area (Å²) in [5.74, 6) is -0.495. The lowest BCUT2D eigenvalue weighted by molar-refractivity contribution is 0.0690. The summed E-state index contributed by atoms with van der Waals surface area (Å²) in [5, 5.41) is 18.1. The summed E-state index contributed by atoms with van der Waals surface area (Å²) < 4.78 is 0. The van der Waals surface area contributed by atoms with Crippen molar-refractivity contribution >= 4 is 17.5 Å². The number of carboxylic acids is 1. The first-order valence-corrected chi connectivity index (χ1v) is 5.85. The van der Waals surface area contributed by atoms with E-state index in [4.69, 9.17) is 5.11 Å². The Labute approximate surface area is 111 Å². The number of nitrogens with zero attached hydrogens (tertiary/aromatic N) is 2. The van der Waals surface area contributed by atoms with Gasteiger partial charge in [-0.25, -0.2) is 4.79 Å². The molecule has 0 radical (unpaired) electrons. The smallest absolute Gasteiger partial charge is 0.353 e. The predicted octanol–water partition coefficient (Wildman–Crippen LogP) is 1.79. The van der Waals surface area contributed by atoms with Gasteiger partial charge in [0.2, 0.25) is 0 Å². The van der Waals surface area contributed by atoms with Crippen molar-refractivity contribution in [1.82, 2.24) is 10.2 Å². The van der Waals surface area contributed by atoms with Crippen LogP contribution in [0.2, 0.25) is 0 Å². The third-order valence-corrected chi connectivity index (χ3v) is 2.73. The van der Waals surface area contributed by atoms with Crippen LogP contribution in [0.5, 0.6) is 0 Å². The molecule has 6 heteroatoms. The van der Waals surface area contributed by atoms with Crippen molar-refractivity contribution in [1.29, 1.82) is 0 Å². The molecule has 0 unspecified atom stereocenters. The average molecular weight is 260 g/mol. The number of carbonyl (C=O) groups is 1. The van der Waals surface area contributed by atoms with Gasteiger partial charge in [0.05, 0.1) is 0 Å². The van der Waals surface area contributed by atoms with Gasteiger partial charge in [0.1, 0.15) is 11.5 Å². The van der Waals surface area contributed by atoms with Crippen LogP contribution in [0.15, 0.2) is 30.3 Å². The van der Waals surface area contributed by atoms with Crippen LogP contribution < -0.4 is 10.2 Å². The van der Waals surface area contributed by atoms with Gasteiger partial charge in [-0.2, -0.15) is 5.10 Å². The zero-order chi connectivity index (χ0) is 13.8. The van der Waals surface area contributed by atoms with Crippen LogP contribution >= 0.6 is 0 Å². The minimum Gasteiger partial charge on any atom is -0.477 e. The molecule has 19 heavy (non-hydrogen) atoms. The average Bonchev–Trinajstić information content (AvgIpc) is 2.86. The van der Waals surface area contributed by atoms with Crippen molar-refractivity contribution in [3.05, 3.63) is 41.6 Å². The number of aromatic amines is 1. The molecule has 1 aromatic heterocycles. The lowest BCUT2D eigenvalue weighted by Gasteiger charge is -2.12.